The van der Waals surface area contributed by atoms with E-state index in [9.17, 15) is 13.6 Å². The molecule has 1 aliphatic rings. The predicted octanol–water partition coefficient (Wildman–Crippen LogP) is 3.79. The van der Waals surface area contributed by atoms with E-state index < -0.39 is 6.43 Å². The number of hydrogen-bond acceptors (Lipinski definition) is 6. The van der Waals surface area contributed by atoms with Crippen molar-refractivity contribution >= 4 is 23.0 Å². The quantitative estimate of drug-likeness (QED) is 0.644. The van der Waals surface area contributed by atoms with E-state index in [-0.39, 0.29) is 29.2 Å². The Kier molecular flexibility index (Phi) is 5.28. The van der Waals surface area contributed by atoms with Crippen LogP contribution in [0.15, 0.2) is 12.4 Å². The summed E-state index contributed by atoms with van der Waals surface area (Å²) in [5.74, 6) is 0.143. The van der Waals surface area contributed by atoms with E-state index in [1.165, 1.54) is 28.2 Å². The first-order chi connectivity index (χ1) is 13.8. The zero-order chi connectivity index (χ0) is 20.7. The summed E-state index contributed by atoms with van der Waals surface area (Å²) in [5.41, 5.74) is 1.03. The summed E-state index contributed by atoms with van der Waals surface area (Å²) < 4.78 is 28.3. The molecule has 1 fully saturated rings. The molecule has 2 atom stereocenters. The molecular weight excluding hydrogens is 398 g/mol. The van der Waals surface area contributed by atoms with Gasteiger partial charge < -0.3 is 4.90 Å². The second-order valence-electron chi connectivity index (χ2n) is 7.50. The van der Waals surface area contributed by atoms with E-state index in [1.54, 1.807) is 0 Å². The van der Waals surface area contributed by atoms with E-state index in [2.05, 4.69) is 27.0 Å². The molecule has 0 spiro atoms. The molecule has 10 heteroatoms. The number of alkyl halides is 2. The average Bonchev–Trinajstić information content (AvgIpc) is 3.23. The average molecular weight is 420 g/mol. The number of aromatic nitrogens is 5. The number of carbonyl (C=O) groups excluding carboxylic acids is 1. The molecule has 0 aromatic carbocycles. The molecule has 29 heavy (non-hydrogen) atoms. The normalized spacial score (nSPS) is 20.4. The van der Waals surface area contributed by atoms with Crippen molar-refractivity contribution in [2.24, 2.45) is 5.92 Å². The summed E-state index contributed by atoms with van der Waals surface area (Å²) in [6.45, 7) is 6.87. The van der Waals surface area contributed by atoms with Crippen LogP contribution in [0.1, 0.15) is 63.9 Å². The fraction of sp³-hybridized carbons (Fsp3) is 0.526. The van der Waals surface area contributed by atoms with Crippen LogP contribution < -0.4 is 0 Å². The van der Waals surface area contributed by atoms with E-state index in [0.29, 0.717) is 23.7 Å². The van der Waals surface area contributed by atoms with Gasteiger partial charge in [-0.3, -0.25) is 4.79 Å². The molecule has 4 rings (SSSR count). The van der Waals surface area contributed by atoms with Crippen LogP contribution >= 0.6 is 11.3 Å². The lowest BCUT2D eigenvalue weighted by molar-refractivity contribution is 0.0754. The molecule has 0 N–H and O–H groups in total. The molecule has 1 amide bonds. The number of hydrogen-bond donors (Lipinski definition) is 0. The third-order valence-corrected chi connectivity index (χ3v) is 6.54. The number of rotatable bonds is 3. The molecule has 4 heterocycles. The van der Waals surface area contributed by atoms with E-state index >= 15 is 0 Å². The fourth-order valence-electron chi connectivity index (χ4n) is 3.99. The highest BCUT2D eigenvalue weighted by Gasteiger charge is 2.32. The van der Waals surface area contributed by atoms with Gasteiger partial charge in [0.25, 0.3) is 18.1 Å². The van der Waals surface area contributed by atoms with Gasteiger partial charge in [0.15, 0.2) is 0 Å². The Morgan fingerprint density at radius 1 is 1.31 bits per heavy atom. The molecule has 0 radical (unpaired) electrons. The van der Waals surface area contributed by atoms with Gasteiger partial charge in [0.2, 0.25) is 0 Å². The Morgan fingerprint density at radius 3 is 2.79 bits per heavy atom. The Morgan fingerprint density at radius 2 is 2.10 bits per heavy atom. The van der Waals surface area contributed by atoms with Crippen LogP contribution in [0.25, 0.3) is 5.78 Å². The predicted molar refractivity (Wildman–Crippen MR) is 104 cm³/mol. The molecule has 3 aromatic rings. The first-order valence-electron chi connectivity index (χ1n) is 9.57. The maximum atomic E-state index is 13.4. The Labute approximate surface area is 170 Å². The number of thiazole rings is 1. The van der Waals surface area contributed by atoms with Crippen LogP contribution in [0.5, 0.6) is 0 Å². The lowest BCUT2D eigenvalue weighted by atomic mass is 9.88. The monoisotopic (exact) mass is 420 g/mol. The standard InChI is InChI=1S/C19H22F2N6OS/c1-10-5-4-6-26(18(28)16-11(2)24-12(3)29-16)8-13(10)15-7-14(17(20)21)25-19-22-9-23-27(15)19/h7,9-10,13,17H,4-6,8H2,1-3H3/t10-,13-/m1/s1. The van der Waals surface area contributed by atoms with Gasteiger partial charge in [-0.25, -0.2) is 23.3 Å². The van der Waals surface area contributed by atoms with E-state index in [4.69, 9.17) is 0 Å². The number of aryl methyl sites for hydroxylation is 2. The summed E-state index contributed by atoms with van der Waals surface area (Å²) >= 11 is 1.39. The van der Waals surface area contributed by atoms with Crippen molar-refractivity contribution in [1.82, 2.24) is 29.5 Å². The van der Waals surface area contributed by atoms with Crippen LogP contribution in [0.4, 0.5) is 8.78 Å². The van der Waals surface area contributed by atoms with Crippen molar-refractivity contribution in [3.63, 3.8) is 0 Å². The maximum Gasteiger partial charge on any atom is 0.280 e. The first-order valence-corrected chi connectivity index (χ1v) is 10.4. The van der Waals surface area contributed by atoms with Gasteiger partial charge in [-0.2, -0.15) is 10.1 Å². The van der Waals surface area contributed by atoms with E-state index in [0.717, 1.165) is 23.5 Å². The number of halogens is 2. The number of fused-ring (bicyclic) bond motifs is 1. The molecular formula is C19H22F2N6OS. The third kappa shape index (κ3) is 3.73. The van der Waals surface area contributed by atoms with Crippen molar-refractivity contribution in [3.05, 3.63) is 39.4 Å². The van der Waals surface area contributed by atoms with Crippen molar-refractivity contribution in [1.29, 1.82) is 0 Å². The number of likely N-dealkylation sites (tertiary alicyclic amines) is 1. The van der Waals surface area contributed by atoms with E-state index in [1.807, 2.05) is 18.7 Å². The molecule has 0 saturated carbocycles. The highest BCUT2D eigenvalue weighted by Crippen LogP contribution is 2.34. The van der Waals surface area contributed by atoms with Gasteiger partial charge in [0.1, 0.15) is 16.9 Å². The SMILES string of the molecule is Cc1nc(C)c(C(=O)N2CCC[C@@H](C)[C@H](c3cc(C(F)F)nc4ncnn34)C2)s1. The smallest absolute Gasteiger partial charge is 0.280 e. The molecule has 7 nitrogen and oxygen atoms in total. The van der Waals surface area contributed by atoms with Gasteiger partial charge >= 0.3 is 0 Å². The Balaban J connectivity index is 1.73. The number of carbonyl (C=O) groups is 1. The van der Waals surface area contributed by atoms with Gasteiger partial charge in [0.05, 0.1) is 16.4 Å². The number of nitrogens with zero attached hydrogens (tertiary/aromatic N) is 6. The second kappa shape index (κ2) is 7.74. The minimum Gasteiger partial charge on any atom is -0.337 e. The zero-order valence-corrected chi connectivity index (χ0v) is 17.3. The lowest BCUT2D eigenvalue weighted by Crippen LogP contribution is -2.35. The summed E-state index contributed by atoms with van der Waals surface area (Å²) in [7, 11) is 0. The first kappa shape index (κ1) is 19.8. The topological polar surface area (TPSA) is 76.3 Å². The van der Waals surface area contributed by atoms with Crippen molar-refractivity contribution in [2.45, 2.75) is 46.0 Å². The van der Waals surface area contributed by atoms with Crippen molar-refractivity contribution in [2.75, 3.05) is 13.1 Å². The van der Waals surface area contributed by atoms with Crippen LogP contribution in [-0.2, 0) is 0 Å². The largest absolute Gasteiger partial charge is 0.337 e. The maximum absolute atomic E-state index is 13.4. The van der Waals surface area contributed by atoms with Crippen molar-refractivity contribution in [3.8, 4) is 0 Å². The minimum absolute atomic E-state index is 0.0508. The molecule has 1 saturated heterocycles. The van der Waals surface area contributed by atoms with Gasteiger partial charge in [0, 0.05) is 19.0 Å². The Hall–Kier alpha value is -2.49. The summed E-state index contributed by atoms with van der Waals surface area (Å²) in [6, 6.07) is 1.41. The van der Waals surface area contributed by atoms with Crippen LogP contribution in [0.2, 0.25) is 0 Å². The van der Waals surface area contributed by atoms with Gasteiger partial charge in [-0.05, 0) is 38.7 Å². The van der Waals surface area contributed by atoms with Crippen LogP contribution in [0, 0.1) is 19.8 Å². The van der Waals surface area contributed by atoms with Crippen molar-refractivity contribution < 1.29 is 13.6 Å². The molecule has 0 aliphatic carbocycles. The molecule has 0 bridgehead atoms. The zero-order valence-electron chi connectivity index (χ0n) is 16.5. The highest BCUT2D eigenvalue weighted by atomic mass is 32.1. The minimum atomic E-state index is -2.70. The van der Waals surface area contributed by atoms with Gasteiger partial charge in [-0.1, -0.05) is 6.92 Å². The third-order valence-electron chi connectivity index (χ3n) is 5.48. The van der Waals surface area contributed by atoms with Crippen LogP contribution in [0.3, 0.4) is 0 Å². The summed E-state index contributed by atoms with van der Waals surface area (Å²) in [5, 5.41) is 5.04. The van der Waals surface area contributed by atoms with Crippen LogP contribution in [-0.4, -0.2) is 48.5 Å². The lowest BCUT2D eigenvalue weighted by Gasteiger charge is -2.27. The Bertz CT molecular complexity index is 1050. The summed E-state index contributed by atoms with van der Waals surface area (Å²) in [4.78, 5) is 27.9. The molecule has 3 aromatic heterocycles. The molecule has 154 valence electrons. The second-order valence-corrected chi connectivity index (χ2v) is 8.71. The number of amides is 1. The summed E-state index contributed by atoms with van der Waals surface area (Å²) in [6.07, 6.45) is 0.358. The molecule has 0 unspecified atom stereocenters. The highest BCUT2D eigenvalue weighted by molar-refractivity contribution is 7.13. The fourth-order valence-corrected chi connectivity index (χ4v) is 4.87. The molecule has 1 aliphatic heterocycles. The van der Waals surface area contributed by atoms with Gasteiger partial charge in [-0.15, -0.1) is 11.3 Å².